The second-order valence-corrected chi connectivity index (χ2v) is 26.4. The Bertz CT molecular complexity index is 3540. The van der Waals surface area contributed by atoms with Gasteiger partial charge in [0.15, 0.2) is 111 Å². The van der Waals surface area contributed by atoms with E-state index < -0.39 is 306 Å². The van der Waals surface area contributed by atoms with Crippen molar-refractivity contribution >= 4 is 101 Å². The minimum Gasteiger partial charge on any atom is -0.492 e. The molecule has 0 radical (unpaired) electrons. The van der Waals surface area contributed by atoms with Crippen molar-refractivity contribution in [3.8, 4) is 0 Å². The minimum atomic E-state index is -2.40. The zero-order valence-corrected chi connectivity index (χ0v) is 65.8. The summed E-state index contributed by atoms with van der Waals surface area (Å²) in [5.41, 5.74) is 0. The lowest BCUT2D eigenvalue weighted by atomic mass is 9.93. The van der Waals surface area contributed by atoms with E-state index >= 15 is 0 Å². The largest absolute Gasteiger partial charge is 0.492 e. The van der Waals surface area contributed by atoms with E-state index in [2.05, 4.69) is 5.32 Å². The lowest BCUT2D eigenvalue weighted by Gasteiger charge is -2.52. The van der Waals surface area contributed by atoms with Gasteiger partial charge in [-0.15, -0.1) is 0 Å². The van der Waals surface area contributed by atoms with E-state index in [1.807, 2.05) is 0 Å². The van der Waals surface area contributed by atoms with Crippen LogP contribution in [0.3, 0.4) is 0 Å². The van der Waals surface area contributed by atoms with E-state index in [1.165, 1.54) is 13.0 Å². The second kappa shape index (κ2) is 43.2. The molecule has 45 nitrogen and oxygen atoms in total. The molecule has 1 amide bonds. The number of ether oxygens (including phenoxy) is 27. The molecule has 5 fully saturated rings. The number of hydrogen-bond acceptors (Lipinski definition) is 44. The van der Waals surface area contributed by atoms with Gasteiger partial charge < -0.3 is 133 Å². The third kappa shape index (κ3) is 27.9. The standard InChI is InChI=1S/C70H95NO44/c1-26-51(97-34(9)79)58(101-38(13)83)62(104-41(16)86)67(95-26)115-65-59(102-39(14)84)54(99-36(11)81)47(23-92-30(5)75)109-70(65)113-57-50(71-27(2)72)66(107-46(22-91-29(4)74)53(57)98-35(10)80)114-61-55(100-37(12)82)48(24-93-31(6)76)108-69(64(61)106-43(18)88)112-56-49(25-94-32(7)77)110-68(63(105-42(17)87)60(56)103-40(15)85)111-52-44(96-33(8)78)19-20-89-45(52)21-90-28(3)73/h19-20,26,44-70H,21-25H2,1-18H3,(H,71,72)/t26-,44+,45+,46+,47+,48+,49+,50+,51+,52-,53-,54-,55-,56-,57+,58+,59-,60-,61-,62-,63+,64+,65+,66-,67-,68-,69-,70-/m0/s1. The van der Waals surface area contributed by atoms with Crippen LogP contribution in [0.5, 0.6) is 0 Å². The zero-order chi connectivity index (χ0) is 85.7. The summed E-state index contributed by atoms with van der Waals surface area (Å²) in [6, 6.07) is -2.17. The number of amides is 1. The van der Waals surface area contributed by atoms with Crippen LogP contribution in [0.2, 0.25) is 0 Å². The molecule has 0 unspecified atom stereocenters. The van der Waals surface area contributed by atoms with Gasteiger partial charge in [0.1, 0.15) is 87.9 Å². The van der Waals surface area contributed by atoms with Crippen LogP contribution in [0.25, 0.3) is 0 Å². The molecule has 0 aliphatic carbocycles. The van der Waals surface area contributed by atoms with E-state index in [4.69, 9.17) is 128 Å². The number of nitrogens with one attached hydrogen (secondary N) is 1. The van der Waals surface area contributed by atoms with Gasteiger partial charge in [0.05, 0.1) is 12.4 Å². The maximum Gasteiger partial charge on any atom is 0.303 e. The highest BCUT2D eigenvalue weighted by Gasteiger charge is 2.63. The summed E-state index contributed by atoms with van der Waals surface area (Å²) in [7, 11) is 0. The summed E-state index contributed by atoms with van der Waals surface area (Å²) in [5.74, 6) is -18.1. The molecular formula is C70H95NO44. The molecule has 0 aromatic heterocycles. The summed E-state index contributed by atoms with van der Waals surface area (Å²) in [4.78, 5) is 224. The monoisotopic (exact) mass is 1650 g/mol. The molecule has 0 spiro atoms. The Morgan fingerprint density at radius 1 is 0.252 bits per heavy atom. The average molecular weight is 1650 g/mol. The van der Waals surface area contributed by atoms with E-state index in [-0.39, 0.29) is 0 Å². The molecule has 115 heavy (non-hydrogen) atoms. The molecule has 6 aliphatic heterocycles. The Labute approximate surface area is 656 Å². The van der Waals surface area contributed by atoms with Crippen LogP contribution in [0.1, 0.15) is 125 Å². The predicted molar refractivity (Wildman–Crippen MR) is 359 cm³/mol. The number of esters is 16. The normalized spacial score (nSPS) is 33.4. The van der Waals surface area contributed by atoms with E-state index in [9.17, 15) is 81.5 Å². The van der Waals surface area contributed by atoms with Crippen LogP contribution < -0.4 is 5.32 Å². The van der Waals surface area contributed by atoms with Gasteiger partial charge in [0.2, 0.25) is 5.91 Å². The number of rotatable bonds is 32. The number of hydrogen-bond donors (Lipinski definition) is 1. The maximum absolute atomic E-state index is 14.1. The Morgan fingerprint density at radius 2 is 0.513 bits per heavy atom. The summed E-state index contributed by atoms with van der Waals surface area (Å²) in [6.45, 7) is 12.7. The van der Waals surface area contributed by atoms with Gasteiger partial charge in [0, 0.05) is 118 Å². The molecule has 0 bridgehead atoms. The van der Waals surface area contributed by atoms with Gasteiger partial charge in [-0.25, -0.2) is 0 Å². The lowest BCUT2D eigenvalue weighted by molar-refractivity contribution is -0.391. The second-order valence-electron chi connectivity index (χ2n) is 26.4. The molecule has 28 atom stereocenters. The highest BCUT2D eigenvalue weighted by atomic mass is 16.8. The maximum atomic E-state index is 14.1. The summed E-state index contributed by atoms with van der Waals surface area (Å²) < 4.78 is 162. The van der Waals surface area contributed by atoms with Gasteiger partial charge in [-0.3, -0.25) is 81.5 Å². The van der Waals surface area contributed by atoms with Crippen molar-refractivity contribution in [3.05, 3.63) is 12.3 Å². The van der Waals surface area contributed by atoms with Gasteiger partial charge in [-0.05, 0) is 13.0 Å². The van der Waals surface area contributed by atoms with Crippen LogP contribution in [0, 0.1) is 0 Å². The Balaban J connectivity index is 1.64. The summed E-state index contributed by atoms with van der Waals surface area (Å²) in [5, 5.41) is 2.56. The summed E-state index contributed by atoms with van der Waals surface area (Å²) in [6.07, 6.45) is -51.7. The fraction of sp³-hybridized carbons (Fsp3) is 0.729. The van der Waals surface area contributed by atoms with Crippen molar-refractivity contribution in [3.63, 3.8) is 0 Å². The molecule has 0 aromatic carbocycles. The fourth-order valence-electron chi connectivity index (χ4n) is 12.9. The Kier molecular flexibility index (Phi) is 35.3. The van der Waals surface area contributed by atoms with Crippen LogP contribution in [-0.2, 0) is 209 Å². The number of carbonyl (C=O) groups is 17. The van der Waals surface area contributed by atoms with Crippen molar-refractivity contribution in [1.82, 2.24) is 5.32 Å². The molecule has 5 saturated heterocycles. The highest BCUT2D eigenvalue weighted by Crippen LogP contribution is 2.42. The molecule has 0 saturated carbocycles. The Hall–Kier alpha value is -9.87. The molecule has 6 aliphatic rings. The van der Waals surface area contributed by atoms with E-state index in [0.717, 1.165) is 124 Å². The quantitative estimate of drug-likeness (QED) is 0.0564. The van der Waals surface area contributed by atoms with Crippen molar-refractivity contribution in [1.29, 1.82) is 0 Å². The lowest BCUT2D eigenvalue weighted by Crippen LogP contribution is -2.72. The molecule has 45 heteroatoms. The first-order valence-corrected chi connectivity index (χ1v) is 35.6. The van der Waals surface area contributed by atoms with Crippen LogP contribution in [0.15, 0.2) is 12.3 Å². The third-order valence-electron chi connectivity index (χ3n) is 16.8. The molecular weight excluding hydrogens is 1560 g/mol. The minimum absolute atomic E-state index is 0.585. The van der Waals surface area contributed by atoms with Crippen molar-refractivity contribution in [2.24, 2.45) is 0 Å². The van der Waals surface area contributed by atoms with Crippen LogP contribution >= 0.6 is 0 Å². The van der Waals surface area contributed by atoms with Crippen molar-refractivity contribution in [2.75, 3.05) is 33.0 Å². The number of carbonyl (C=O) groups excluding carboxylic acids is 17. The van der Waals surface area contributed by atoms with Crippen LogP contribution in [0.4, 0.5) is 0 Å². The van der Waals surface area contributed by atoms with E-state index in [1.54, 1.807) is 0 Å². The highest BCUT2D eigenvalue weighted by molar-refractivity contribution is 5.74. The summed E-state index contributed by atoms with van der Waals surface area (Å²) >= 11 is 0. The molecule has 0 aromatic rings. The third-order valence-corrected chi connectivity index (χ3v) is 16.8. The van der Waals surface area contributed by atoms with Gasteiger partial charge >= 0.3 is 95.5 Å². The predicted octanol–water partition coefficient (Wildman–Crippen LogP) is -1.96. The molecule has 6 rings (SSSR count). The SMILES string of the molecule is CC(=O)N[C@H]1[C@H](O[C@H]2[C@@H](OC(C)=O)[C@@H](COC(C)=O)O[C@@H](O[C@@H]3[C@H](OC(C)=O)[C@@H](OC(C)=O)[C@H](O[C@H]4[C@H](OC(C)=O)C=CO[C@@H]4COC(C)=O)O[C@@H]3COC(C)=O)[C@@H]2OC(C)=O)O[C@H](COC(C)=O)[C@H](OC(C)=O)[C@@H]1O[C@@H]1O[C@H](COC(C)=O)[C@H](OC(C)=O)[C@H](OC(C)=O)[C@H]1O[C@@H]1O[C@@H](C)[C@@H](OC(C)=O)[C@@H](OC(C)=O)[C@@H]1OC(C)=O. The fourth-order valence-corrected chi connectivity index (χ4v) is 12.9. The molecule has 1 N–H and O–H groups in total. The first-order valence-electron chi connectivity index (χ1n) is 35.6. The molecule has 6 heterocycles. The first kappa shape index (κ1) is 94.0. The smallest absolute Gasteiger partial charge is 0.303 e. The molecule has 644 valence electrons. The van der Waals surface area contributed by atoms with Gasteiger partial charge in [0.25, 0.3) is 0 Å². The van der Waals surface area contributed by atoms with Crippen molar-refractivity contribution < 1.29 is 209 Å². The van der Waals surface area contributed by atoms with Crippen molar-refractivity contribution in [2.45, 2.75) is 296 Å². The Morgan fingerprint density at radius 3 is 0.896 bits per heavy atom. The van der Waals surface area contributed by atoms with Gasteiger partial charge in [-0.2, -0.15) is 0 Å². The van der Waals surface area contributed by atoms with E-state index in [0.29, 0.717) is 0 Å². The first-order chi connectivity index (χ1) is 53.9. The zero-order valence-electron chi connectivity index (χ0n) is 65.8. The average Bonchev–Trinajstić information content (AvgIpc) is 0.753. The topological polar surface area (TPSA) is 551 Å². The van der Waals surface area contributed by atoms with Gasteiger partial charge in [-0.1, -0.05) is 0 Å². The van der Waals surface area contributed by atoms with Crippen LogP contribution in [-0.4, -0.2) is 306 Å².